The first-order valence-corrected chi connectivity index (χ1v) is 7.28. The molecule has 84 valence electrons. The Bertz CT molecular complexity index is 665. The highest BCUT2D eigenvalue weighted by Gasteiger charge is 2.13. The molecule has 0 amide bonds. The lowest BCUT2D eigenvalue weighted by atomic mass is 10.1. The minimum absolute atomic E-state index is 0.0195. The Balaban J connectivity index is 2.84. The molecule has 0 spiro atoms. The summed E-state index contributed by atoms with van der Waals surface area (Å²) in [6, 6.07) is 7.78. The van der Waals surface area contributed by atoms with Crippen LogP contribution in [-0.4, -0.2) is 8.42 Å². The van der Waals surface area contributed by atoms with Crippen LogP contribution in [0, 0.1) is 0 Å². The highest BCUT2D eigenvalue weighted by atomic mass is 35.7. The molecule has 2 aromatic rings. The summed E-state index contributed by atoms with van der Waals surface area (Å²) in [5.74, 6) is 0. The lowest BCUT2D eigenvalue weighted by Gasteiger charge is -2.04. The van der Waals surface area contributed by atoms with Gasteiger partial charge in [-0.2, -0.15) is 0 Å². The lowest BCUT2D eigenvalue weighted by Crippen LogP contribution is -1.90. The van der Waals surface area contributed by atoms with E-state index in [1.54, 1.807) is 18.2 Å². The number of hydrogen-bond acceptors (Lipinski definition) is 2. The Hall–Kier alpha value is -0.480. The van der Waals surface area contributed by atoms with Gasteiger partial charge >= 0.3 is 0 Å². The fraction of sp³-hybridized carbons (Fsp3) is 0. The summed E-state index contributed by atoms with van der Waals surface area (Å²) in [6.07, 6.45) is 0. The summed E-state index contributed by atoms with van der Waals surface area (Å²) >= 11 is 11.8. The molecule has 2 nitrogen and oxygen atoms in total. The molecular weight excluding hydrogens is 291 g/mol. The minimum atomic E-state index is -3.77. The van der Waals surface area contributed by atoms with Gasteiger partial charge in [0.2, 0.25) is 0 Å². The first kappa shape index (κ1) is 12.0. The first-order valence-electron chi connectivity index (χ1n) is 4.21. The quantitative estimate of drug-likeness (QED) is 0.743. The second kappa shape index (κ2) is 4.08. The molecule has 0 aliphatic rings. The van der Waals surface area contributed by atoms with E-state index in [4.69, 9.17) is 33.9 Å². The molecule has 0 atom stereocenters. The maximum Gasteiger partial charge on any atom is 0.261 e. The molecule has 0 saturated heterocycles. The summed E-state index contributed by atoms with van der Waals surface area (Å²) < 4.78 is 22.4. The molecule has 0 saturated carbocycles. The van der Waals surface area contributed by atoms with E-state index >= 15 is 0 Å². The van der Waals surface area contributed by atoms with Crippen LogP contribution in [0.1, 0.15) is 0 Å². The zero-order valence-electron chi connectivity index (χ0n) is 7.75. The van der Waals surface area contributed by atoms with Gasteiger partial charge in [0.15, 0.2) is 0 Å². The van der Waals surface area contributed by atoms with E-state index in [0.717, 1.165) is 0 Å². The molecule has 0 unspecified atom stereocenters. The fourth-order valence-electron chi connectivity index (χ4n) is 1.40. The molecule has 16 heavy (non-hydrogen) atoms. The monoisotopic (exact) mass is 294 g/mol. The van der Waals surface area contributed by atoms with Crippen LogP contribution >= 0.6 is 33.9 Å². The second-order valence-corrected chi connectivity index (χ2v) is 6.62. The van der Waals surface area contributed by atoms with Crippen molar-refractivity contribution in [2.75, 3.05) is 0 Å². The fourth-order valence-corrected chi connectivity index (χ4v) is 2.71. The molecule has 0 radical (unpaired) electrons. The summed E-state index contributed by atoms with van der Waals surface area (Å²) in [4.78, 5) is -0.0195. The van der Waals surface area contributed by atoms with E-state index < -0.39 is 9.05 Å². The largest absolute Gasteiger partial charge is 0.261 e. The molecule has 0 aliphatic carbocycles. The van der Waals surface area contributed by atoms with Crippen LogP contribution in [0.5, 0.6) is 0 Å². The second-order valence-electron chi connectivity index (χ2n) is 3.21. The highest BCUT2D eigenvalue weighted by molar-refractivity contribution is 8.13. The number of hydrogen-bond donors (Lipinski definition) is 0. The Labute approximate surface area is 107 Å². The minimum Gasteiger partial charge on any atom is -0.207 e. The molecule has 0 aliphatic heterocycles. The van der Waals surface area contributed by atoms with Crippen LogP contribution in [0.15, 0.2) is 35.2 Å². The van der Waals surface area contributed by atoms with Gasteiger partial charge in [-0.05, 0) is 29.7 Å². The molecule has 6 heteroatoms. The van der Waals surface area contributed by atoms with Crippen molar-refractivity contribution in [2.45, 2.75) is 4.90 Å². The Morgan fingerprint density at radius 1 is 1.00 bits per heavy atom. The number of halogens is 3. The van der Waals surface area contributed by atoms with Crippen LogP contribution in [0.4, 0.5) is 0 Å². The number of rotatable bonds is 1. The van der Waals surface area contributed by atoms with Crippen molar-refractivity contribution in [1.29, 1.82) is 0 Å². The molecule has 0 fully saturated rings. The van der Waals surface area contributed by atoms with Gasteiger partial charge in [0, 0.05) is 26.1 Å². The maximum absolute atomic E-state index is 11.2. The van der Waals surface area contributed by atoms with Crippen molar-refractivity contribution in [3.8, 4) is 0 Å². The average molecular weight is 296 g/mol. The van der Waals surface area contributed by atoms with Gasteiger partial charge in [-0.3, -0.25) is 0 Å². The predicted octanol–water partition coefficient (Wildman–Crippen LogP) is 4.07. The molecular formula is C10H5Cl3O2S. The lowest BCUT2D eigenvalue weighted by molar-refractivity contribution is 0.609. The zero-order valence-corrected chi connectivity index (χ0v) is 10.8. The molecule has 0 N–H and O–H groups in total. The van der Waals surface area contributed by atoms with E-state index in [2.05, 4.69) is 0 Å². The van der Waals surface area contributed by atoms with Crippen molar-refractivity contribution >= 4 is 53.7 Å². The van der Waals surface area contributed by atoms with E-state index in [0.29, 0.717) is 20.8 Å². The summed E-state index contributed by atoms with van der Waals surface area (Å²) in [7, 11) is 1.48. The van der Waals surface area contributed by atoms with E-state index in [9.17, 15) is 8.42 Å². The van der Waals surface area contributed by atoms with Crippen molar-refractivity contribution in [2.24, 2.45) is 0 Å². The molecule has 0 aromatic heterocycles. The third-order valence-electron chi connectivity index (χ3n) is 2.12. The van der Waals surface area contributed by atoms with Crippen molar-refractivity contribution in [3.63, 3.8) is 0 Å². The van der Waals surface area contributed by atoms with E-state index in [1.165, 1.54) is 12.1 Å². The third-order valence-corrected chi connectivity index (χ3v) is 4.00. The van der Waals surface area contributed by atoms with Gasteiger partial charge in [-0.15, -0.1) is 0 Å². The van der Waals surface area contributed by atoms with Crippen LogP contribution in [0.2, 0.25) is 10.0 Å². The maximum atomic E-state index is 11.2. The number of fused-ring (bicyclic) bond motifs is 1. The van der Waals surface area contributed by atoms with Gasteiger partial charge in [0.05, 0.1) is 4.90 Å². The topological polar surface area (TPSA) is 34.1 Å². The molecule has 2 aromatic carbocycles. The van der Waals surface area contributed by atoms with Crippen molar-refractivity contribution in [3.05, 3.63) is 40.4 Å². The van der Waals surface area contributed by atoms with Crippen molar-refractivity contribution in [1.82, 2.24) is 0 Å². The summed E-state index contributed by atoms with van der Waals surface area (Å²) in [5, 5.41) is 2.21. The smallest absolute Gasteiger partial charge is 0.207 e. The Morgan fingerprint density at radius 3 is 2.31 bits per heavy atom. The highest BCUT2D eigenvalue weighted by Crippen LogP contribution is 2.30. The van der Waals surface area contributed by atoms with E-state index in [1.807, 2.05) is 0 Å². The van der Waals surface area contributed by atoms with Crippen LogP contribution in [0.3, 0.4) is 0 Å². The zero-order chi connectivity index (χ0) is 11.9. The van der Waals surface area contributed by atoms with Gasteiger partial charge in [-0.1, -0.05) is 29.3 Å². The van der Waals surface area contributed by atoms with Gasteiger partial charge in [0.1, 0.15) is 0 Å². The van der Waals surface area contributed by atoms with Crippen LogP contribution in [-0.2, 0) is 9.05 Å². The SMILES string of the molecule is O=S(=O)(Cl)c1cc(Cl)c2cc(Cl)ccc2c1. The Morgan fingerprint density at radius 2 is 1.69 bits per heavy atom. The van der Waals surface area contributed by atoms with E-state index in [-0.39, 0.29) is 4.90 Å². The van der Waals surface area contributed by atoms with Gasteiger partial charge in [-0.25, -0.2) is 8.42 Å². The molecule has 2 rings (SSSR count). The Kier molecular flexibility index (Phi) is 3.05. The standard InChI is InChI=1S/C10H5Cl3O2S/c11-7-2-1-6-3-8(16(13,14)15)5-10(12)9(6)4-7/h1-5H. The van der Waals surface area contributed by atoms with Crippen molar-refractivity contribution < 1.29 is 8.42 Å². The number of benzene rings is 2. The summed E-state index contributed by atoms with van der Waals surface area (Å²) in [5.41, 5.74) is 0. The first-order chi connectivity index (χ1) is 7.38. The third kappa shape index (κ3) is 2.28. The van der Waals surface area contributed by atoms with Gasteiger partial charge in [0.25, 0.3) is 9.05 Å². The normalized spacial score (nSPS) is 11.9. The predicted molar refractivity (Wildman–Crippen MR) is 67.0 cm³/mol. The average Bonchev–Trinajstić information content (AvgIpc) is 2.17. The molecule has 0 bridgehead atoms. The van der Waals surface area contributed by atoms with Crippen LogP contribution < -0.4 is 0 Å². The molecule has 0 heterocycles. The summed E-state index contributed by atoms with van der Waals surface area (Å²) in [6.45, 7) is 0. The van der Waals surface area contributed by atoms with Gasteiger partial charge < -0.3 is 0 Å². The van der Waals surface area contributed by atoms with Crippen LogP contribution in [0.25, 0.3) is 10.8 Å².